The second-order valence-corrected chi connectivity index (χ2v) is 6.50. The maximum absolute atomic E-state index is 11.5. The molecule has 2 atom stereocenters. The van der Waals surface area contributed by atoms with Crippen LogP contribution in [0, 0.1) is 5.92 Å². The molecule has 26 heavy (non-hydrogen) atoms. The average molecular weight is 352 g/mol. The van der Waals surface area contributed by atoms with E-state index < -0.39 is 6.23 Å². The van der Waals surface area contributed by atoms with Crippen molar-refractivity contribution in [1.82, 2.24) is 10.4 Å². The van der Waals surface area contributed by atoms with Crippen LogP contribution < -0.4 is 20.3 Å². The number of imidazole rings is 1. The van der Waals surface area contributed by atoms with Gasteiger partial charge in [0.25, 0.3) is 5.82 Å². The monoisotopic (exact) mass is 352 g/mol. The Morgan fingerprint density at radius 2 is 2.15 bits per heavy atom. The number of fused-ring (bicyclic) bond motifs is 1. The summed E-state index contributed by atoms with van der Waals surface area (Å²) in [7, 11) is 0. The minimum absolute atomic E-state index is 0.110. The van der Waals surface area contributed by atoms with Gasteiger partial charge in [0.15, 0.2) is 29.1 Å². The molecule has 7 heteroatoms. The molecule has 1 aromatic heterocycles. The highest BCUT2D eigenvalue weighted by molar-refractivity contribution is 6.04. The third-order valence-electron chi connectivity index (χ3n) is 4.49. The molecule has 4 N–H and O–H groups in total. The van der Waals surface area contributed by atoms with Crippen molar-refractivity contribution in [2.45, 2.75) is 26.2 Å². The molecule has 0 radical (unpaired) electrons. The maximum atomic E-state index is 11.5. The second-order valence-electron chi connectivity index (χ2n) is 6.50. The molecule has 3 aromatic rings. The Morgan fingerprint density at radius 1 is 1.31 bits per heavy atom. The van der Waals surface area contributed by atoms with E-state index in [2.05, 4.69) is 20.5 Å². The first-order valence-electron chi connectivity index (χ1n) is 8.54. The van der Waals surface area contributed by atoms with Gasteiger partial charge in [0.05, 0.1) is 5.71 Å². The molecular formula is C19H20N4O3. The number of phenolic OH excluding ortho intramolecular Hbond substituents is 1. The highest BCUT2D eigenvalue weighted by atomic mass is 16.5. The van der Waals surface area contributed by atoms with Crippen LogP contribution in [0.2, 0.25) is 0 Å². The number of rotatable bonds is 4. The molecule has 4 rings (SSSR count). The van der Waals surface area contributed by atoms with E-state index in [9.17, 15) is 10.2 Å². The van der Waals surface area contributed by atoms with Gasteiger partial charge in [-0.25, -0.2) is 9.97 Å². The molecule has 0 fully saturated rings. The molecule has 2 unspecified atom stereocenters. The van der Waals surface area contributed by atoms with Gasteiger partial charge in [0, 0.05) is 11.5 Å². The minimum atomic E-state index is -0.838. The van der Waals surface area contributed by atoms with Crippen LogP contribution in [0.1, 0.15) is 24.7 Å². The summed E-state index contributed by atoms with van der Waals surface area (Å²) in [6.07, 6.45) is -0.317. The van der Waals surface area contributed by atoms with Gasteiger partial charge in [0.2, 0.25) is 0 Å². The fourth-order valence-electron chi connectivity index (χ4n) is 3.16. The van der Waals surface area contributed by atoms with Gasteiger partial charge in [-0.3, -0.25) is 0 Å². The predicted octanol–water partition coefficient (Wildman–Crippen LogP) is 1.29. The molecular weight excluding hydrogens is 332 g/mol. The Bertz CT molecular complexity index is 966. The number of aromatic nitrogens is 2. The summed E-state index contributed by atoms with van der Waals surface area (Å²) in [5, 5.41) is 25.5. The summed E-state index contributed by atoms with van der Waals surface area (Å²) in [5.74, 6) is 1.44. The van der Waals surface area contributed by atoms with Crippen molar-refractivity contribution in [2.75, 3.05) is 0 Å². The first-order valence-corrected chi connectivity index (χ1v) is 8.54. The normalized spacial score (nSPS) is 19.8. The zero-order chi connectivity index (χ0) is 18.1. The summed E-state index contributed by atoms with van der Waals surface area (Å²) < 4.78 is 5.65. The van der Waals surface area contributed by atoms with E-state index in [0.29, 0.717) is 12.2 Å². The Labute approximate surface area is 150 Å². The smallest absolute Gasteiger partial charge is 0.291 e. The van der Waals surface area contributed by atoms with Crippen LogP contribution in [0.4, 0.5) is 0 Å². The quantitative estimate of drug-likeness (QED) is 0.657. The summed E-state index contributed by atoms with van der Waals surface area (Å²) in [6, 6.07) is 12.8. The molecule has 2 aromatic carbocycles. The van der Waals surface area contributed by atoms with Crippen LogP contribution in [-0.2, 0) is 6.61 Å². The molecule has 0 spiro atoms. The lowest BCUT2D eigenvalue weighted by Gasteiger charge is -2.31. The molecule has 0 amide bonds. The molecule has 0 saturated heterocycles. The molecule has 2 heterocycles. The number of nitrogens with zero attached hydrogens (tertiary/aromatic N) is 1. The first kappa shape index (κ1) is 16.4. The van der Waals surface area contributed by atoms with Crippen molar-refractivity contribution < 1.29 is 19.9 Å². The number of H-pyrrole nitrogens is 2. The van der Waals surface area contributed by atoms with Crippen LogP contribution in [0.3, 0.4) is 0 Å². The van der Waals surface area contributed by atoms with E-state index in [1.807, 2.05) is 31.2 Å². The van der Waals surface area contributed by atoms with Gasteiger partial charge in [-0.05, 0) is 43.0 Å². The number of aromatic hydroxyl groups is 1. The lowest BCUT2D eigenvalue weighted by molar-refractivity contribution is -0.432. The SMILES string of the molecule is CC1CC([O-])NN=C1c1ccc2[nH+]c(COc3ccccc3O)[nH]c2c1. The highest BCUT2D eigenvalue weighted by Crippen LogP contribution is 2.25. The summed E-state index contributed by atoms with van der Waals surface area (Å²) in [6.45, 7) is 2.29. The number of ether oxygens (including phenoxy) is 1. The van der Waals surface area contributed by atoms with Crippen LogP contribution in [0.25, 0.3) is 11.0 Å². The van der Waals surface area contributed by atoms with E-state index in [0.717, 1.165) is 28.1 Å². The standard InChI is InChI=1S/C19H19N4O3/c1-11-8-18(25)22-23-19(11)12-6-7-13-14(9-12)21-17(20-13)10-26-16-5-3-2-4-15(16)24/h2-7,9,11,18,22,24H,8,10H2,1H3,(H,20,21)/q-1/p+1. The Hall–Kier alpha value is -3.06. The number of nitrogens with one attached hydrogen (secondary N) is 3. The van der Waals surface area contributed by atoms with Gasteiger partial charge in [-0.2, -0.15) is 5.10 Å². The lowest BCUT2D eigenvalue weighted by Crippen LogP contribution is -2.44. The van der Waals surface area contributed by atoms with Crippen LogP contribution >= 0.6 is 0 Å². The van der Waals surface area contributed by atoms with Crippen molar-refractivity contribution in [3.8, 4) is 11.5 Å². The molecule has 0 aliphatic carbocycles. The maximum Gasteiger partial charge on any atom is 0.291 e. The van der Waals surface area contributed by atoms with Crippen molar-refractivity contribution in [2.24, 2.45) is 11.0 Å². The molecule has 134 valence electrons. The Balaban J connectivity index is 1.55. The second kappa shape index (κ2) is 6.68. The molecule has 7 nitrogen and oxygen atoms in total. The predicted molar refractivity (Wildman–Crippen MR) is 94.5 cm³/mol. The minimum Gasteiger partial charge on any atom is -0.835 e. The van der Waals surface area contributed by atoms with Gasteiger partial charge < -0.3 is 20.4 Å². The fraction of sp³-hybridized carbons (Fsp3) is 0.263. The van der Waals surface area contributed by atoms with Gasteiger partial charge >= 0.3 is 0 Å². The average Bonchev–Trinajstić information content (AvgIpc) is 3.03. The van der Waals surface area contributed by atoms with Crippen molar-refractivity contribution in [3.05, 3.63) is 53.9 Å². The number of para-hydroxylation sites is 2. The number of hydrazone groups is 1. The van der Waals surface area contributed by atoms with Gasteiger partial charge in [-0.1, -0.05) is 19.1 Å². The van der Waals surface area contributed by atoms with Crippen LogP contribution in [-0.4, -0.2) is 22.0 Å². The zero-order valence-electron chi connectivity index (χ0n) is 14.3. The topological polar surface area (TPSA) is 107 Å². The fourth-order valence-corrected chi connectivity index (χ4v) is 3.16. The van der Waals surface area contributed by atoms with Crippen molar-refractivity contribution >= 4 is 16.7 Å². The zero-order valence-corrected chi connectivity index (χ0v) is 14.3. The van der Waals surface area contributed by atoms with Gasteiger partial charge in [0.1, 0.15) is 0 Å². The van der Waals surface area contributed by atoms with E-state index >= 15 is 0 Å². The summed E-state index contributed by atoms with van der Waals surface area (Å²) in [4.78, 5) is 6.56. The Kier molecular flexibility index (Phi) is 4.22. The number of hydrogen-bond donors (Lipinski definition) is 3. The highest BCUT2D eigenvalue weighted by Gasteiger charge is 2.20. The number of benzene rings is 2. The molecule has 1 aliphatic heterocycles. The molecule has 0 bridgehead atoms. The first-order chi connectivity index (χ1) is 12.6. The lowest BCUT2D eigenvalue weighted by atomic mass is 9.93. The number of hydrogen-bond acceptors (Lipinski definition) is 5. The molecule has 1 aliphatic rings. The van der Waals surface area contributed by atoms with Crippen LogP contribution in [0.15, 0.2) is 47.6 Å². The number of phenols is 1. The van der Waals surface area contributed by atoms with E-state index in [4.69, 9.17) is 4.74 Å². The van der Waals surface area contributed by atoms with E-state index in [1.165, 1.54) is 0 Å². The summed E-state index contributed by atoms with van der Waals surface area (Å²) >= 11 is 0. The number of aromatic amines is 2. The van der Waals surface area contributed by atoms with Crippen LogP contribution in [0.5, 0.6) is 11.5 Å². The summed E-state index contributed by atoms with van der Waals surface area (Å²) in [5.41, 5.74) is 6.37. The van der Waals surface area contributed by atoms with Crippen molar-refractivity contribution in [1.29, 1.82) is 0 Å². The third kappa shape index (κ3) is 3.21. The third-order valence-corrected chi connectivity index (χ3v) is 4.49. The van der Waals surface area contributed by atoms with E-state index in [1.54, 1.807) is 18.2 Å². The van der Waals surface area contributed by atoms with E-state index in [-0.39, 0.29) is 18.3 Å². The Morgan fingerprint density at radius 3 is 2.96 bits per heavy atom. The molecule has 0 saturated carbocycles. The van der Waals surface area contributed by atoms with Crippen molar-refractivity contribution in [3.63, 3.8) is 0 Å². The largest absolute Gasteiger partial charge is 0.835 e. The van der Waals surface area contributed by atoms with Gasteiger partial charge in [-0.15, -0.1) is 0 Å².